The lowest BCUT2D eigenvalue weighted by Crippen LogP contribution is -2.54. The van der Waals surface area contributed by atoms with Crippen LogP contribution in [0.1, 0.15) is 53.7 Å². The number of alkyl halides is 6. The molecule has 0 aliphatic carbocycles. The monoisotopic (exact) mass is 743 g/mol. The van der Waals surface area contributed by atoms with Crippen LogP contribution in [0, 0.1) is 5.92 Å². The second-order valence-corrected chi connectivity index (χ2v) is 15.0. The molecule has 10 nitrogen and oxygen atoms in total. The molecule has 6 rings (SSSR count). The summed E-state index contributed by atoms with van der Waals surface area (Å²) in [6.45, 7) is 5.46. The van der Waals surface area contributed by atoms with Crippen LogP contribution in [0.5, 0.6) is 0 Å². The molecule has 0 radical (unpaired) electrons. The Hall–Kier alpha value is -3.57. The Morgan fingerprint density at radius 1 is 0.882 bits per heavy atom. The zero-order valence-corrected chi connectivity index (χ0v) is 29.2. The standard InChI is InChI=1S/C34H43F6N7O3S/c1-43-11-13-44(14-12-43)23-2-9-46(10-3-23)31(49)22(16-21-17-25(33(35,36)37)30(41)26(18-21)34(38,39)40)19-29(48)45-7-4-24(5-8-45)47-20-28-27(6-15-51-28)42-32(47)50/h6,15,17-18,22-24H,2-5,7-14,16,19-20,41H2,1H3,(H,42,50)/t22-/m0/s1. The smallest absolute Gasteiger partial charge is 0.398 e. The van der Waals surface area contributed by atoms with Gasteiger partial charge in [-0.05, 0) is 68.3 Å². The molecular formula is C34H43F6N7O3S. The summed E-state index contributed by atoms with van der Waals surface area (Å²) in [5.74, 6) is -2.07. The first-order valence-electron chi connectivity index (χ1n) is 17.3. The Kier molecular flexibility index (Phi) is 10.8. The number of nitrogens with one attached hydrogen (secondary N) is 1. The van der Waals surface area contributed by atoms with E-state index in [9.17, 15) is 40.7 Å². The van der Waals surface area contributed by atoms with Crippen LogP contribution in [-0.2, 0) is 34.9 Å². The maximum Gasteiger partial charge on any atom is 0.418 e. The summed E-state index contributed by atoms with van der Waals surface area (Å²) in [6.07, 6.45) is -8.87. The van der Waals surface area contributed by atoms with Crippen molar-refractivity contribution in [2.75, 3.05) is 70.5 Å². The van der Waals surface area contributed by atoms with Gasteiger partial charge in [-0.1, -0.05) is 0 Å². The van der Waals surface area contributed by atoms with Crippen molar-refractivity contribution < 1.29 is 40.7 Å². The lowest BCUT2D eigenvalue weighted by atomic mass is 9.90. The lowest BCUT2D eigenvalue weighted by molar-refractivity contribution is -0.143. The number of piperazine rings is 1. The van der Waals surface area contributed by atoms with Crippen molar-refractivity contribution in [3.63, 3.8) is 0 Å². The van der Waals surface area contributed by atoms with E-state index in [0.29, 0.717) is 70.5 Å². The molecule has 4 aliphatic rings. The maximum absolute atomic E-state index is 14.1. The van der Waals surface area contributed by atoms with Crippen molar-refractivity contribution in [3.8, 4) is 0 Å². The van der Waals surface area contributed by atoms with E-state index < -0.39 is 53.3 Å². The van der Waals surface area contributed by atoms with Gasteiger partial charge in [-0.25, -0.2) is 4.79 Å². The normalized spacial score (nSPS) is 21.1. The van der Waals surface area contributed by atoms with E-state index in [-0.39, 0.29) is 30.1 Å². The second-order valence-electron chi connectivity index (χ2n) is 14.0. The van der Waals surface area contributed by atoms with Gasteiger partial charge in [0, 0.05) is 75.7 Å². The van der Waals surface area contributed by atoms with Crippen LogP contribution >= 0.6 is 11.3 Å². The number of benzene rings is 1. The van der Waals surface area contributed by atoms with Crippen molar-refractivity contribution in [3.05, 3.63) is 45.1 Å². The molecule has 0 bridgehead atoms. The van der Waals surface area contributed by atoms with Gasteiger partial charge >= 0.3 is 18.4 Å². The number of piperidine rings is 2. The number of hydrogen-bond acceptors (Lipinski definition) is 7. The quantitative estimate of drug-likeness (QED) is 0.299. The Balaban J connectivity index is 1.17. The Morgan fingerprint density at radius 2 is 1.45 bits per heavy atom. The van der Waals surface area contributed by atoms with Gasteiger partial charge in [0.2, 0.25) is 11.8 Å². The zero-order chi connectivity index (χ0) is 36.7. The van der Waals surface area contributed by atoms with Crippen LogP contribution in [0.4, 0.5) is 42.5 Å². The predicted molar refractivity (Wildman–Crippen MR) is 180 cm³/mol. The fourth-order valence-corrected chi connectivity index (χ4v) is 8.61. The van der Waals surface area contributed by atoms with Gasteiger partial charge in [0.1, 0.15) is 0 Å². The number of rotatable bonds is 7. The minimum atomic E-state index is -5.17. The van der Waals surface area contributed by atoms with Gasteiger partial charge in [0.15, 0.2) is 0 Å². The highest BCUT2D eigenvalue weighted by Crippen LogP contribution is 2.42. The molecule has 1 atom stereocenters. The number of nitrogens with two attached hydrogens (primary N) is 1. The minimum absolute atomic E-state index is 0.125. The van der Waals surface area contributed by atoms with Crippen molar-refractivity contribution >= 4 is 40.6 Å². The molecule has 4 aliphatic heterocycles. The Bertz CT molecular complexity index is 1560. The van der Waals surface area contributed by atoms with Gasteiger partial charge in [-0.15, -0.1) is 11.3 Å². The molecule has 2 aromatic rings. The number of nitrogen functional groups attached to an aromatic ring is 1. The summed E-state index contributed by atoms with van der Waals surface area (Å²) in [6, 6.07) is 2.89. The number of anilines is 2. The average molecular weight is 744 g/mol. The van der Waals surface area contributed by atoms with Crippen molar-refractivity contribution in [1.29, 1.82) is 0 Å². The van der Waals surface area contributed by atoms with Crippen molar-refractivity contribution in [2.45, 2.75) is 69.5 Å². The molecule has 0 unspecified atom stereocenters. The Labute approximate surface area is 296 Å². The van der Waals surface area contributed by atoms with Gasteiger partial charge < -0.3 is 30.7 Å². The third-order valence-electron chi connectivity index (χ3n) is 10.8. The van der Waals surface area contributed by atoms with Crippen LogP contribution < -0.4 is 11.1 Å². The molecule has 1 aromatic carbocycles. The number of nitrogens with zero attached hydrogens (tertiary/aromatic N) is 5. The fourth-order valence-electron chi connectivity index (χ4n) is 7.78. The van der Waals surface area contributed by atoms with Gasteiger partial charge in [0.25, 0.3) is 0 Å². The van der Waals surface area contributed by atoms with Crippen LogP contribution in [0.3, 0.4) is 0 Å². The number of carbonyl (C=O) groups is 3. The zero-order valence-electron chi connectivity index (χ0n) is 28.4. The summed E-state index contributed by atoms with van der Waals surface area (Å²) in [5, 5.41) is 4.79. The number of urea groups is 1. The number of carbonyl (C=O) groups excluding carboxylic acids is 3. The molecule has 0 saturated carbocycles. The molecule has 5 heterocycles. The fraction of sp³-hybridized carbons (Fsp3) is 0.618. The topological polar surface area (TPSA) is 105 Å². The van der Waals surface area contributed by atoms with E-state index in [4.69, 9.17) is 5.73 Å². The molecule has 280 valence electrons. The summed E-state index contributed by atoms with van der Waals surface area (Å²) < 4.78 is 83.3. The van der Waals surface area contributed by atoms with Crippen molar-refractivity contribution in [2.24, 2.45) is 5.92 Å². The molecule has 51 heavy (non-hydrogen) atoms. The molecule has 4 amide bonds. The largest absolute Gasteiger partial charge is 0.418 e. The van der Waals surface area contributed by atoms with E-state index in [1.165, 1.54) is 0 Å². The third-order valence-corrected chi connectivity index (χ3v) is 11.7. The molecule has 17 heteroatoms. The lowest BCUT2D eigenvalue weighted by Gasteiger charge is -2.42. The Morgan fingerprint density at radius 3 is 2.04 bits per heavy atom. The van der Waals surface area contributed by atoms with E-state index in [2.05, 4.69) is 22.2 Å². The summed E-state index contributed by atoms with van der Waals surface area (Å²) in [4.78, 5) is 51.2. The summed E-state index contributed by atoms with van der Waals surface area (Å²) >= 11 is 1.54. The van der Waals surface area contributed by atoms with Gasteiger partial charge in [0.05, 0.1) is 35.0 Å². The van der Waals surface area contributed by atoms with E-state index in [0.717, 1.165) is 36.7 Å². The third kappa shape index (κ3) is 8.40. The summed E-state index contributed by atoms with van der Waals surface area (Å²) in [7, 11) is 2.06. The van der Waals surface area contributed by atoms with Gasteiger partial charge in [-0.2, -0.15) is 26.3 Å². The molecule has 0 spiro atoms. The van der Waals surface area contributed by atoms with E-state index in [1.54, 1.807) is 26.0 Å². The number of fused-ring (bicyclic) bond motifs is 1. The highest BCUT2D eigenvalue weighted by Gasteiger charge is 2.42. The maximum atomic E-state index is 14.1. The predicted octanol–water partition coefficient (Wildman–Crippen LogP) is 5.19. The van der Waals surface area contributed by atoms with Crippen molar-refractivity contribution in [1.82, 2.24) is 24.5 Å². The highest BCUT2D eigenvalue weighted by atomic mass is 32.1. The average Bonchev–Trinajstić information content (AvgIpc) is 3.54. The number of hydrogen-bond donors (Lipinski definition) is 2. The van der Waals surface area contributed by atoms with Crippen LogP contribution in [-0.4, -0.2) is 114 Å². The number of halogens is 6. The SMILES string of the molecule is CN1CCN(C2CCN(C(=O)[C@H](CC(=O)N3CCC(N4Cc5sccc5NC4=O)CC3)Cc3cc(C(F)(F)F)c(N)c(C(F)(F)F)c3)CC2)CC1. The first-order valence-corrected chi connectivity index (χ1v) is 18.2. The molecule has 3 N–H and O–H groups in total. The minimum Gasteiger partial charge on any atom is -0.398 e. The molecular weight excluding hydrogens is 700 g/mol. The summed E-state index contributed by atoms with van der Waals surface area (Å²) in [5.41, 5.74) is 1.11. The first-order chi connectivity index (χ1) is 24.1. The number of likely N-dealkylation sites (tertiary alicyclic amines) is 2. The molecule has 3 saturated heterocycles. The van der Waals surface area contributed by atoms with Gasteiger partial charge in [-0.3, -0.25) is 14.5 Å². The van der Waals surface area contributed by atoms with E-state index >= 15 is 0 Å². The van der Waals surface area contributed by atoms with Crippen LogP contribution in [0.15, 0.2) is 23.6 Å². The second kappa shape index (κ2) is 14.8. The number of thiophene rings is 1. The number of likely N-dealkylation sites (N-methyl/N-ethyl adjacent to an activating group) is 1. The molecule has 1 aromatic heterocycles. The number of amides is 4. The van der Waals surface area contributed by atoms with Crippen LogP contribution in [0.2, 0.25) is 0 Å². The first kappa shape index (κ1) is 37.2. The van der Waals surface area contributed by atoms with E-state index in [1.807, 2.05) is 11.4 Å². The van der Waals surface area contributed by atoms with Crippen LogP contribution in [0.25, 0.3) is 0 Å². The molecule has 3 fully saturated rings. The highest BCUT2D eigenvalue weighted by molar-refractivity contribution is 7.10.